The van der Waals surface area contributed by atoms with Crippen LogP contribution in [0.3, 0.4) is 0 Å². The number of hydrogen-bond donors (Lipinski definition) is 3. The Morgan fingerprint density at radius 3 is 3.14 bits per heavy atom. The molecule has 3 rings (SSSR count). The number of thiophene rings is 1. The van der Waals surface area contributed by atoms with Crippen molar-refractivity contribution in [2.45, 2.75) is 19.0 Å². The third-order valence-corrected chi connectivity index (χ3v) is 4.18. The zero-order chi connectivity index (χ0) is 14.7. The summed E-state index contributed by atoms with van der Waals surface area (Å²) >= 11 is 1.59. The molecule has 0 bridgehead atoms. The number of anilines is 1. The monoisotopic (exact) mass is 299 g/mol. The van der Waals surface area contributed by atoms with Gasteiger partial charge in [-0.15, -0.1) is 0 Å². The van der Waals surface area contributed by atoms with Gasteiger partial charge in [-0.3, -0.25) is 4.79 Å². The molecule has 0 saturated heterocycles. The average molecular weight is 299 g/mol. The van der Waals surface area contributed by atoms with Gasteiger partial charge in [0, 0.05) is 24.7 Å². The zero-order valence-electron chi connectivity index (χ0n) is 11.5. The fourth-order valence-electron chi connectivity index (χ4n) is 2.32. The van der Waals surface area contributed by atoms with Crippen molar-refractivity contribution in [3.05, 3.63) is 57.9 Å². The van der Waals surface area contributed by atoms with Gasteiger partial charge in [-0.05, 0) is 57.9 Å². The number of nitrogens with one attached hydrogen (secondary N) is 2. The van der Waals surface area contributed by atoms with E-state index < -0.39 is 0 Å². The molecular weight excluding hydrogens is 282 g/mol. The van der Waals surface area contributed by atoms with E-state index in [4.69, 9.17) is 5.73 Å². The zero-order valence-corrected chi connectivity index (χ0v) is 12.3. The molecular formula is C16H17N3OS. The molecule has 4 N–H and O–H groups in total. The molecule has 0 radical (unpaired) electrons. The summed E-state index contributed by atoms with van der Waals surface area (Å²) in [7, 11) is 0. The standard InChI is InChI=1S/C16H17N3OS/c17-15(13-4-6-21-10-13)8-16(20)19-14-2-1-12-9-18-5-3-11(12)7-14/h1-7,10,15,18H,8-9,17H2,(H,19,20). The lowest BCUT2D eigenvalue weighted by molar-refractivity contribution is -0.116. The van der Waals surface area contributed by atoms with Crippen LogP contribution < -0.4 is 16.4 Å². The highest BCUT2D eigenvalue weighted by Gasteiger charge is 2.13. The Kier molecular flexibility index (Phi) is 4.03. The van der Waals surface area contributed by atoms with Crippen LogP contribution in [0, 0.1) is 0 Å². The lowest BCUT2D eigenvalue weighted by Crippen LogP contribution is -2.20. The third kappa shape index (κ3) is 3.32. The van der Waals surface area contributed by atoms with Crippen LogP contribution in [0.5, 0.6) is 0 Å². The first kappa shape index (κ1) is 13.9. The maximum absolute atomic E-state index is 12.1. The van der Waals surface area contributed by atoms with Crippen molar-refractivity contribution in [1.82, 2.24) is 5.32 Å². The summed E-state index contributed by atoms with van der Waals surface area (Å²) in [6.07, 6.45) is 4.21. The van der Waals surface area contributed by atoms with Crippen LogP contribution in [0.2, 0.25) is 0 Å². The molecule has 1 aliphatic heterocycles. The van der Waals surface area contributed by atoms with Gasteiger partial charge in [-0.2, -0.15) is 11.3 Å². The van der Waals surface area contributed by atoms with Crippen molar-refractivity contribution >= 4 is 29.0 Å². The van der Waals surface area contributed by atoms with Crippen molar-refractivity contribution in [3.8, 4) is 0 Å². The summed E-state index contributed by atoms with van der Waals surface area (Å²) in [5.41, 5.74) is 10.2. The van der Waals surface area contributed by atoms with E-state index in [2.05, 4.69) is 10.6 Å². The summed E-state index contributed by atoms with van der Waals surface area (Å²) < 4.78 is 0. The van der Waals surface area contributed by atoms with E-state index in [0.29, 0.717) is 0 Å². The van der Waals surface area contributed by atoms with Gasteiger partial charge in [0.1, 0.15) is 0 Å². The van der Waals surface area contributed by atoms with E-state index in [1.165, 1.54) is 5.56 Å². The number of fused-ring (bicyclic) bond motifs is 1. The second kappa shape index (κ2) is 6.11. The molecule has 4 nitrogen and oxygen atoms in total. The molecule has 1 atom stereocenters. The van der Waals surface area contributed by atoms with Crippen molar-refractivity contribution in [1.29, 1.82) is 0 Å². The van der Waals surface area contributed by atoms with Gasteiger partial charge in [0.2, 0.25) is 5.91 Å². The van der Waals surface area contributed by atoms with Crippen LogP contribution in [0.4, 0.5) is 5.69 Å². The van der Waals surface area contributed by atoms with Crippen LogP contribution in [-0.2, 0) is 11.3 Å². The fourth-order valence-corrected chi connectivity index (χ4v) is 3.05. The Bertz CT molecular complexity index is 664. The van der Waals surface area contributed by atoms with Gasteiger partial charge in [-0.25, -0.2) is 0 Å². The molecule has 1 unspecified atom stereocenters. The van der Waals surface area contributed by atoms with Crippen molar-refractivity contribution in [2.24, 2.45) is 5.73 Å². The molecule has 0 spiro atoms. The number of hydrogen-bond acceptors (Lipinski definition) is 4. The Labute approximate surface area is 127 Å². The van der Waals surface area contributed by atoms with E-state index in [9.17, 15) is 4.79 Å². The van der Waals surface area contributed by atoms with Crippen LogP contribution in [0.15, 0.2) is 41.2 Å². The topological polar surface area (TPSA) is 67.2 Å². The summed E-state index contributed by atoms with van der Waals surface area (Å²) in [6.45, 7) is 0.823. The Hall–Kier alpha value is -2.11. The molecule has 2 heterocycles. The SMILES string of the molecule is NC(CC(=O)Nc1ccc2c(c1)C=CNC2)c1ccsc1. The highest BCUT2D eigenvalue weighted by molar-refractivity contribution is 7.07. The van der Waals surface area contributed by atoms with Gasteiger partial charge in [0.05, 0.1) is 0 Å². The minimum absolute atomic E-state index is 0.0634. The van der Waals surface area contributed by atoms with Crippen LogP contribution in [-0.4, -0.2) is 5.91 Å². The quantitative estimate of drug-likeness (QED) is 0.813. The number of benzene rings is 1. The van der Waals surface area contributed by atoms with Crippen LogP contribution in [0.25, 0.3) is 6.08 Å². The molecule has 1 aliphatic rings. The Morgan fingerprint density at radius 1 is 1.43 bits per heavy atom. The first-order valence-corrected chi connectivity index (χ1v) is 7.77. The summed E-state index contributed by atoms with van der Waals surface area (Å²) in [6, 6.07) is 7.64. The van der Waals surface area contributed by atoms with E-state index in [1.54, 1.807) is 11.3 Å². The second-order valence-corrected chi connectivity index (χ2v) is 5.82. The van der Waals surface area contributed by atoms with Crippen molar-refractivity contribution in [3.63, 3.8) is 0 Å². The molecule has 1 amide bonds. The van der Waals surface area contributed by atoms with E-state index in [-0.39, 0.29) is 18.4 Å². The number of carbonyl (C=O) groups excluding carboxylic acids is 1. The minimum Gasteiger partial charge on any atom is -0.387 e. The first-order valence-electron chi connectivity index (χ1n) is 6.83. The number of nitrogens with two attached hydrogens (primary N) is 1. The number of rotatable bonds is 4. The van der Waals surface area contributed by atoms with Gasteiger partial charge >= 0.3 is 0 Å². The summed E-state index contributed by atoms with van der Waals surface area (Å²) in [4.78, 5) is 12.1. The maximum atomic E-state index is 12.1. The molecule has 1 aromatic carbocycles. The highest BCUT2D eigenvalue weighted by Crippen LogP contribution is 2.21. The number of carbonyl (C=O) groups is 1. The second-order valence-electron chi connectivity index (χ2n) is 5.04. The van der Waals surface area contributed by atoms with Crippen molar-refractivity contribution < 1.29 is 4.79 Å². The van der Waals surface area contributed by atoms with E-state index >= 15 is 0 Å². The Morgan fingerprint density at radius 2 is 2.33 bits per heavy atom. The molecule has 0 fully saturated rings. The Balaban J connectivity index is 1.64. The summed E-state index contributed by atoms with van der Waals surface area (Å²) in [5, 5.41) is 10.0. The molecule has 1 aromatic heterocycles. The van der Waals surface area contributed by atoms with Gasteiger partial charge in [-0.1, -0.05) is 6.07 Å². The average Bonchev–Trinajstić information content (AvgIpc) is 3.01. The normalized spacial score (nSPS) is 14.1. The van der Waals surface area contributed by atoms with Gasteiger partial charge in [0.25, 0.3) is 0 Å². The molecule has 21 heavy (non-hydrogen) atoms. The van der Waals surface area contributed by atoms with Gasteiger partial charge in [0.15, 0.2) is 0 Å². The molecule has 0 saturated carbocycles. The largest absolute Gasteiger partial charge is 0.387 e. The molecule has 5 heteroatoms. The molecule has 108 valence electrons. The predicted molar refractivity (Wildman–Crippen MR) is 86.8 cm³/mol. The maximum Gasteiger partial charge on any atom is 0.226 e. The van der Waals surface area contributed by atoms with Crippen LogP contribution in [0.1, 0.15) is 29.2 Å². The van der Waals surface area contributed by atoms with Crippen molar-refractivity contribution in [2.75, 3.05) is 5.32 Å². The summed E-state index contributed by atoms with van der Waals surface area (Å²) in [5.74, 6) is -0.0634. The lowest BCUT2D eigenvalue weighted by Gasteiger charge is -2.15. The van der Waals surface area contributed by atoms with Crippen LogP contribution >= 0.6 is 11.3 Å². The third-order valence-electron chi connectivity index (χ3n) is 3.48. The van der Waals surface area contributed by atoms with Gasteiger partial charge < -0.3 is 16.4 Å². The first-order chi connectivity index (χ1) is 10.2. The van der Waals surface area contributed by atoms with E-state index in [0.717, 1.165) is 23.4 Å². The fraction of sp³-hybridized carbons (Fsp3) is 0.188. The smallest absolute Gasteiger partial charge is 0.226 e. The molecule has 2 aromatic rings. The highest BCUT2D eigenvalue weighted by atomic mass is 32.1. The lowest BCUT2D eigenvalue weighted by atomic mass is 10.0. The van der Waals surface area contributed by atoms with E-state index in [1.807, 2.05) is 47.3 Å². The predicted octanol–water partition coefficient (Wildman–Crippen LogP) is 2.85. The number of amides is 1. The minimum atomic E-state index is -0.252. The molecule has 0 aliphatic carbocycles.